The number of hydrogen-bond donors (Lipinski definition) is 0. The molecule has 10 aromatic rings. The van der Waals surface area contributed by atoms with Crippen LogP contribution in [0.2, 0.25) is 0 Å². The highest BCUT2D eigenvalue weighted by Gasteiger charge is 2.53. The molecule has 1 aliphatic heterocycles. The molecule has 3 heterocycles. The summed E-state index contributed by atoms with van der Waals surface area (Å²) in [5, 5.41) is 4.84. The van der Waals surface area contributed by atoms with E-state index in [-0.39, 0.29) is 0 Å². The first kappa shape index (κ1) is 33.1. The molecule has 4 nitrogen and oxygen atoms in total. The summed E-state index contributed by atoms with van der Waals surface area (Å²) in [6.07, 6.45) is 0. The smallest absolute Gasteiger partial charge is 0.171 e. The van der Waals surface area contributed by atoms with Crippen molar-refractivity contribution in [3.63, 3.8) is 0 Å². The number of fused-ring (bicyclic) bond motifs is 12. The van der Waals surface area contributed by atoms with E-state index in [1.54, 1.807) is 0 Å². The van der Waals surface area contributed by atoms with Crippen molar-refractivity contribution in [2.24, 2.45) is 0 Å². The van der Waals surface area contributed by atoms with Crippen LogP contribution in [0.4, 0.5) is 0 Å². The van der Waals surface area contributed by atoms with Gasteiger partial charge in [0.15, 0.2) is 13.0 Å². The van der Waals surface area contributed by atoms with E-state index in [1.165, 1.54) is 38.5 Å². The van der Waals surface area contributed by atoms with Crippen LogP contribution in [-0.2, 0) is 9.98 Å². The van der Waals surface area contributed by atoms with Crippen LogP contribution in [0.3, 0.4) is 0 Å². The van der Waals surface area contributed by atoms with Crippen molar-refractivity contribution >= 4 is 44.9 Å². The molecule has 0 bridgehead atoms. The summed E-state index contributed by atoms with van der Waals surface area (Å²) in [6, 6.07) is 71.5. The average Bonchev–Trinajstić information content (AvgIpc) is 3.80. The van der Waals surface area contributed by atoms with Crippen LogP contribution in [0.15, 0.2) is 206 Å². The van der Waals surface area contributed by atoms with Gasteiger partial charge in [0.2, 0.25) is 0 Å². The van der Waals surface area contributed by atoms with Gasteiger partial charge in [-0.25, -0.2) is 9.97 Å². The van der Waals surface area contributed by atoms with E-state index in [0.29, 0.717) is 5.82 Å². The summed E-state index contributed by atoms with van der Waals surface area (Å²) >= 11 is 0. The Morgan fingerprint density at radius 3 is 1.72 bits per heavy atom. The van der Waals surface area contributed by atoms with Crippen LogP contribution in [0.25, 0.3) is 61.4 Å². The molecule has 2 aromatic heterocycles. The molecule has 1 unspecified atom stereocenters. The first-order valence-corrected chi connectivity index (χ1v) is 21.4. The predicted octanol–water partition coefficient (Wildman–Crippen LogP) is 11.2. The number of rotatable bonds is 5. The molecule has 0 saturated carbocycles. The molecular weight excluding hydrogens is 726 g/mol. The summed E-state index contributed by atoms with van der Waals surface area (Å²) in [5.74, 6) is 0.627. The normalized spacial score (nSPS) is 15.0. The van der Waals surface area contributed by atoms with E-state index < -0.39 is 12.6 Å². The van der Waals surface area contributed by atoms with Gasteiger partial charge < -0.3 is 9.13 Å². The van der Waals surface area contributed by atoms with Crippen molar-refractivity contribution in [1.29, 1.82) is 0 Å². The molecule has 8 aromatic carbocycles. The molecule has 272 valence electrons. The maximum absolute atomic E-state index is 15.3. The van der Waals surface area contributed by atoms with E-state index in [2.05, 4.69) is 126 Å². The second-order valence-electron chi connectivity index (χ2n) is 15.2. The van der Waals surface area contributed by atoms with Crippen molar-refractivity contribution in [1.82, 2.24) is 14.5 Å². The first-order chi connectivity index (χ1) is 28.7. The lowest BCUT2D eigenvalue weighted by molar-refractivity contribution is 0.592. The van der Waals surface area contributed by atoms with Gasteiger partial charge in [0, 0.05) is 48.9 Å². The highest BCUT2D eigenvalue weighted by atomic mass is 31.2. The van der Waals surface area contributed by atoms with Crippen LogP contribution >= 0.6 is 7.14 Å². The predicted molar refractivity (Wildman–Crippen MR) is 237 cm³/mol. The highest BCUT2D eigenvalue weighted by molar-refractivity contribution is 7.85. The monoisotopic (exact) mass is 759 g/mol. The zero-order chi connectivity index (χ0) is 38.4. The maximum Gasteiger partial charge on any atom is 0.171 e. The van der Waals surface area contributed by atoms with Gasteiger partial charge in [0.1, 0.15) is 0 Å². The Morgan fingerprint density at radius 2 is 0.983 bits per heavy atom. The second kappa shape index (κ2) is 12.4. The molecule has 5 heteroatoms. The Kier molecular flexibility index (Phi) is 7.09. The van der Waals surface area contributed by atoms with E-state index >= 15 is 4.57 Å². The Labute approximate surface area is 336 Å². The third-order valence-electron chi connectivity index (χ3n) is 12.3. The lowest BCUT2D eigenvalue weighted by atomic mass is 9.64. The van der Waals surface area contributed by atoms with Crippen molar-refractivity contribution in [3.05, 3.63) is 229 Å². The Bertz CT molecular complexity index is 3260. The molecule has 0 fully saturated rings. The second-order valence-corrected chi connectivity index (χ2v) is 17.9. The zero-order valence-corrected chi connectivity index (χ0v) is 32.2. The van der Waals surface area contributed by atoms with Gasteiger partial charge in [0.25, 0.3) is 0 Å². The average molecular weight is 760 g/mol. The lowest BCUT2D eigenvalue weighted by Gasteiger charge is -2.40. The molecule has 1 aliphatic carbocycles. The van der Waals surface area contributed by atoms with E-state index in [0.717, 1.165) is 55.2 Å². The lowest BCUT2D eigenvalue weighted by Crippen LogP contribution is -2.34. The largest absolute Gasteiger partial charge is 0.309 e. The summed E-state index contributed by atoms with van der Waals surface area (Å²) < 4.78 is 17.7. The molecule has 12 rings (SSSR count). The Hall–Kier alpha value is -7.13. The van der Waals surface area contributed by atoms with Crippen LogP contribution in [0, 0.1) is 0 Å². The van der Waals surface area contributed by atoms with Crippen molar-refractivity contribution in [3.8, 4) is 39.6 Å². The van der Waals surface area contributed by atoms with Gasteiger partial charge in [-0.3, -0.25) is 0 Å². The number of para-hydroxylation sites is 3. The van der Waals surface area contributed by atoms with Crippen molar-refractivity contribution < 1.29 is 4.57 Å². The fourth-order valence-electron chi connectivity index (χ4n) is 9.90. The summed E-state index contributed by atoms with van der Waals surface area (Å²) in [4.78, 5) is 11.1. The minimum absolute atomic E-state index is 0.627. The first-order valence-electron chi connectivity index (χ1n) is 19.7. The number of nitrogens with zero attached hydrogens (tertiary/aromatic N) is 3. The Balaban J connectivity index is 1.14. The molecule has 0 radical (unpaired) electrons. The van der Waals surface area contributed by atoms with Crippen LogP contribution in [0.1, 0.15) is 22.3 Å². The minimum atomic E-state index is -3.16. The fourth-order valence-corrected chi connectivity index (χ4v) is 12.5. The summed E-state index contributed by atoms with van der Waals surface area (Å²) in [6.45, 7) is 0. The number of aromatic nitrogens is 3. The summed E-state index contributed by atoms with van der Waals surface area (Å²) in [7, 11) is -3.16. The molecule has 0 saturated heterocycles. The molecule has 1 atom stereocenters. The number of hydrogen-bond acceptors (Lipinski definition) is 3. The minimum Gasteiger partial charge on any atom is -0.309 e. The molecule has 2 aliphatic rings. The zero-order valence-electron chi connectivity index (χ0n) is 31.3. The molecule has 0 amide bonds. The maximum atomic E-state index is 15.3. The molecular formula is C53H34N3OP. The van der Waals surface area contributed by atoms with E-state index in [4.69, 9.17) is 9.97 Å². The van der Waals surface area contributed by atoms with E-state index in [9.17, 15) is 0 Å². The summed E-state index contributed by atoms with van der Waals surface area (Å²) in [5.41, 5.74) is 12.4. The van der Waals surface area contributed by atoms with Gasteiger partial charge in [-0.1, -0.05) is 194 Å². The Morgan fingerprint density at radius 1 is 0.431 bits per heavy atom. The third-order valence-corrected chi connectivity index (χ3v) is 15.4. The van der Waals surface area contributed by atoms with Gasteiger partial charge in [-0.15, -0.1) is 0 Å². The molecule has 0 N–H and O–H groups in total. The van der Waals surface area contributed by atoms with E-state index in [1.807, 2.05) is 84.9 Å². The van der Waals surface area contributed by atoms with Gasteiger partial charge >= 0.3 is 0 Å². The van der Waals surface area contributed by atoms with Crippen LogP contribution in [0.5, 0.6) is 0 Å². The van der Waals surface area contributed by atoms with Gasteiger partial charge in [0.05, 0.1) is 33.5 Å². The van der Waals surface area contributed by atoms with Crippen molar-refractivity contribution in [2.75, 3.05) is 0 Å². The fraction of sp³-hybridized carbons (Fsp3) is 0.0189. The highest BCUT2D eigenvalue weighted by Crippen LogP contribution is 2.62. The SMILES string of the molecule is O=P(c1ccccc1)(c1ccccc1)c1ccc(-c2nc(-c3ccccc3)c3c(n2)-c2ccccc2C32c3ccccc3-n3c4ccccc4c4cccc2c43)cc1. The van der Waals surface area contributed by atoms with Crippen LogP contribution < -0.4 is 15.9 Å². The molecule has 1 spiro atoms. The van der Waals surface area contributed by atoms with Crippen molar-refractivity contribution in [2.45, 2.75) is 5.41 Å². The molecule has 58 heavy (non-hydrogen) atoms. The topological polar surface area (TPSA) is 47.8 Å². The third kappa shape index (κ3) is 4.38. The standard InChI is InChI=1S/C53H34N3OP/c57-58(37-19-6-2-7-20-37,38-21-8-3-9-22-38)39-33-31-36(32-34-39)52-54-49(35-17-4-1-5-18-35)48-50(55-52)42-24-10-12-26-43(42)53(48)44-27-13-15-30-47(44)56-46-29-14-11-23-40(46)41-25-16-28-45(53)51(41)56/h1-34H. The van der Waals surface area contributed by atoms with Crippen LogP contribution in [-0.4, -0.2) is 14.5 Å². The quantitative estimate of drug-likeness (QED) is 0.164. The van der Waals surface area contributed by atoms with Gasteiger partial charge in [-0.05, 0) is 28.8 Å². The number of benzene rings is 8. The van der Waals surface area contributed by atoms with Gasteiger partial charge in [-0.2, -0.15) is 0 Å².